The smallest absolute Gasteiger partial charge is 0.408 e. The van der Waals surface area contributed by atoms with Gasteiger partial charge in [-0.1, -0.05) is 84.7 Å². The van der Waals surface area contributed by atoms with E-state index < -0.39 is 37.2 Å². The molecule has 9 nitrogen and oxygen atoms in total. The molecule has 38 heavy (non-hydrogen) atoms. The summed E-state index contributed by atoms with van der Waals surface area (Å²) in [6, 6.07) is 7.18. The second-order valence-corrected chi connectivity index (χ2v) is 12.2. The van der Waals surface area contributed by atoms with Crippen LogP contribution in [0.5, 0.6) is 0 Å². The van der Waals surface area contributed by atoms with Crippen LogP contribution >= 0.6 is 7.60 Å². The Morgan fingerprint density at radius 1 is 0.816 bits per heavy atom. The first kappa shape index (κ1) is 33.8. The number of amides is 2. The SMILES string of the molecule is CCCCOP(=O)(OCCCC)C(=O)[C@@H](CC(C)C)NC(=O)C(CC(C)C)NC(=O)OCc1ccccc1. The first-order chi connectivity index (χ1) is 18.0. The van der Waals surface area contributed by atoms with Crippen LogP contribution in [-0.4, -0.2) is 42.8 Å². The first-order valence-electron chi connectivity index (χ1n) is 13.7. The average Bonchev–Trinajstić information content (AvgIpc) is 2.86. The highest BCUT2D eigenvalue weighted by molar-refractivity contribution is 7.72. The predicted molar refractivity (Wildman–Crippen MR) is 149 cm³/mol. The van der Waals surface area contributed by atoms with E-state index in [0.717, 1.165) is 18.4 Å². The predicted octanol–water partition coefficient (Wildman–Crippen LogP) is 6.21. The molecule has 2 amide bonds. The van der Waals surface area contributed by atoms with Gasteiger partial charge in [-0.15, -0.1) is 0 Å². The Balaban J connectivity index is 3.02. The largest absolute Gasteiger partial charge is 0.445 e. The molecule has 0 aliphatic rings. The van der Waals surface area contributed by atoms with Gasteiger partial charge in [0.15, 0.2) is 0 Å². The van der Waals surface area contributed by atoms with E-state index in [1.54, 1.807) is 0 Å². The molecule has 0 aromatic heterocycles. The maximum absolute atomic E-state index is 13.6. The topological polar surface area (TPSA) is 120 Å². The van der Waals surface area contributed by atoms with Gasteiger partial charge in [0.25, 0.3) is 5.52 Å². The van der Waals surface area contributed by atoms with E-state index in [4.69, 9.17) is 13.8 Å². The van der Waals surface area contributed by atoms with Crippen molar-refractivity contribution >= 4 is 25.1 Å². The molecule has 1 unspecified atom stereocenters. The van der Waals surface area contributed by atoms with Crippen LogP contribution in [0.25, 0.3) is 0 Å². The number of ether oxygens (including phenoxy) is 1. The molecular formula is C28H47N2O7P. The van der Waals surface area contributed by atoms with Crippen LogP contribution < -0.4 is 10.6 Å². The number of benzene rings is 1. The molecule has 2 atom stereocenters. The van der Waals surface area contributed by atoms with Crippen molar-refractivity contribution in [3.63, 3.8) is 0 Å². The molecule has 0 saturated heterocycles. The summed E-state index contributed by atoms with van der Waals surface area (Å²) in [6.45, 7) is 11.9. The molecule has 0 aliphatic heterocycles. The highest BCUT2D eigenvalue weighted by Crippen LogP contribution is 2.51. The number of carbonyl (C=O) groups excluding carboxylic acids is 3. The third-order valence-electron chi connectivity index (χ3n) is 5.64. The van der Waals surface area contributed by atoms with Crippen molar-refractivity contribution in [3.05, 3.63) is 35.9 Å². The van der Waals surface area contributed by atoms with Gasteiger partial charge >= 0.3 is 13.7 Å². The van der Waals surface area contributed by atoms with E-state index in [1.165, 1.54) is 0 Å². The van der Waals surface area contributed by atoms with Crippen molar-refractivity contribution in [1.82, 2.24) is 10.6 Å². The Bertz CT molecular complexity index is 878. The second-order valence-electron chi connectivity index (χ2n) is 10.3. The summed E-state index contributed by atoms with van der Waals surface area (Å²) in [6.07, 6.45) is 2.69. The molecule has 1 rings (SSSR count). The molecule has 0 radical (unpaired) electrons. The number of alkyl carbamates (subject to hydrolysis) is 1. The summed E-state index contributed by atoms with van der Waals surface area (Å²) in [4.78, 5) is 39.3. The zero-order valence-corrected chi connectivity index (χ0v) is 24.8. The van der Waals surface area contributed by atoms with Gasteiger partial charge in [0.05, 0.1) is 13.2 Å². The summed E-state index contributed by atoms with van der Waals surface area (Å²) in [5.74, 6) is -0.473. The van der Waals surface area contributed by atoms with E-state index in [2.05, 4.69) is 10.6 Å². The molecule has 10 heteroatoms. The third kappa shape index (κ3) is 13.0. The molecular weight excluding hydrogens is 507 g/mol. The zero-order chi connectivity index (χ0) is 28.6. The van der Waals surface area contributed by atoms with Crippen molar-refractivity contribution in [2.24, 2.45) is 11.8 Å². The minimum atomic E-state index is -4.13. The minimum absolute atomic E-state index is 0.0105. The van der Waals surface area contributed by atoms with Gasteiger partial charge in [0.1, 0.15) is 18.7 Å². The number of carbonyl (C=O) groups is 3. The van der Waals surface area contributed by atoms with E-state index >= 15 is 0 Å². The maximum Gasteiger partial charge on any atom is 0.408 e. The van der Waals surface area contributed by atoms with E-state index in [1.807, 2.05) is 71.9 Å². The van der Waals surface area contributed by atoms with Crippen molar-refractivity contribution in [2.45, 2.75) is 98.8 Å². The lowest BCUT2D eigenvalue weighted by molar-refractivity contribution is -0.127. The molecule has 0 bridgehead atoms. The average molecular weight is 555 g/mol. The Labute approximate surface area is 228 Å². The Kier molecular flexibility index (Phi) is 16.1. The van der Waals surface area contributed by atoms with Crippen LogP contribution in [0, 0.1) is 11.8 Å². The van der Waals surface area contributed by atoms with Crippen LogP contribution in [0.1, 0.15) is 85.6 Å². The standard InChI is InChI=1S/C28H47N2O7P/c1-7-9-16-36-38(34,37-17-10-8-2)27(32)25(19-22(5)6)29-26(31)24(18-21(3)4)30-28(33)35-20-23-14-12-11-13-15-23/h11-15,21-22,24-25H,7-10,16-20H2,1-6H3,(H,29,31)(H,30,33)/t24?,25-/m1/s1. The van der Waals surface area contributed by atoms with Crippen LogP contribution in [-0.2, 0) is 34.5 Å². The van der Waals surface area contributed by atoms with Gasteiger partial charge in [-0.3, -0.25) is 14.2 Å². The lowest BCUT2D eigenvalue weighted by atomic mass is 10.0. The zero-order valence-electron chi connectivity index (χ0n) is 23.9. The lowest BCUT2D eigenvalue weighted by Crippen LogP contribution is -2.52. The summed E-state index contributed by atoms with van der Waals surface area (Å²) in [5, 5.41) is 5.35. The van der Waals surface area contributed by atoms with Gasteiger partial charge in [-0.2, -0.15) is 0 Å². The lowest BCUT2D eigenvalue weighted by Gasteiger charge is -2.27. The van der Waals surface area contributed by atoms with Crippen LogP contribution in [0.15, 0.2) is 30.3 Å². The van der Waals surface area contributed by atoms with Crippen molar-refractivity contribution in [1.29, 1.82) is 0 Å². The summed E-state index contributed by atoms with van der Waals surface area (Å²) < 4.78 is 29.9. The highest BCUT2D eigenvalue weighted by atomic mass is 31.2. The van der Waals surface area contributed by atoms with Crippen LogP contribution in [0.3, 0.4) is 0 Å². The van der Waals surface area contributed by atoms with Crippen LogP contribution in [0.4, 0.5) is 4.79 Å². The second kappa shape index (κ2) is 18.1. The molecule has 0 saturated carbocycles. The normalized spacial score (nSPS) is 13.3. The Morgan fingerprint density at radius 3 is 1.84 bits per heavy atom. The summed E-state index contributed by atoms with van der Waals surface area (Å²) in [7, 11) is -4.13. The monoisotopic (exact) mass is 554 g/mol. The molecule has 216 valence electrons. The number of nitrogens with one attached hydrogen (secondary N) is 2. The first-order valence-corrected chi connectivity index (χ1v) is 15.3. The van der Waals surface area contributed by atoms with Gasteiger partial charge in [0.2, 0.25) is 5.91 Å². The van der Waals surface area contributed by atoms with E-state index in [9.17, 15) is 18.9 Å². The van der Waals surface area contributed by atoms with Gasteiger partial charge in [0, 0.05) is 0 Å². The summed E-state index contributed by atoms with van der Waals surface area (Å²) in [5.41, 5.74) is 0.0544. The fourth-order valence-corrected chi connectivity index (χ4v) is 5.21. The number of unbranched alkanes of at least 4 members (excludes halogenated alkanes) is 2. The molecule has 2 N–H and O–H groups in total. The van der Waals surface area contributed by atoms with Gasteiger partial charge < -0.3 is 24.4 Å². The quantitative estimate of drug-likeness (QED) is 0.154. The molecule has 1 aromatic rings. The number of rotatable bonds is 19. The van der Waals surface area contributed by atoms with E-state index in [-0.39, 0.29) is 38.1 Å². The molecule has 0 fully saturated rings. The molecule has 0 spiro atoms. The highest BCUT2D eigenvalue weighted by Gasteiger charge is 2.41. The molecule has 0 heterocycles. The maximum atomic E-state index is 13.6. The molecule has 0 aliphatic carbocycles. The van der Waals surface area contributed by atoms with Gasteiger partial charge in [-0.05, 0) is 43.1 Å². The van der Waals surface area contributed by atoms with Crippen molar-refractivity contribution < 1.29 is 32.7 Å². The van der Waals surface area contributed by atoms with Crippen molar-refractivity contribution in [3.8, 4) is 0 Å². The Hall–Kier alpha value is -2.22. The third-order valence-corrected chi connectivity index (χ3v) is 7.53. The minimum Gasteiger partial charge on any atom is -0.445 e. The number of hydrogen-bond donors (Lipinski definition) is 2. The number of hydrogen-bond acceptors (Lipinski definition) is 7. The fraction of sp³-hybridized carbons (Fsp3) is 0.679. The Morgan fingerprint density at radius 2 is 1.34 bits per heavy atom. The van der Waals surface area contributed by atoms with Crippen LogP contribution in [0.2, 0.25) is 0 Å². The van der Waals surface area contributed by atoms with E-state index in [0.29, 0.717) is 19.3 Å². The fourth-order valence-electron chi connectivity index (χ4n) is 3.59. The van der Waals surface area contributed by atoms with Crippen molar-refractivity contribution in [2.75, 3.05) is 13.2 Å². The summed E-state index contributed by atoms with van der Waals surface area (Å²) >= 11 is 0. The molecule has 1 aromatic carbocycles. The van der Waals surface area contributed by atoms with Gasteiger partial charge in [-0.25, -0.2) is 4.79 Å².